The minimum Gasteiger partial charge on any atom is -0.468 e. The van der Waals surface area contributed by atoms with Gasteiger partial charge in [0.25, 0.3) is 0 Å². The number of carbonyl (C=O) groups is 2. The minimum atomic E-state index is -0.579. The monoisotopic (exact) mass is 378 g/mol. The SMILES string of the molecule is COC(=O)C1=C(Nc2ccccc2)CC(C(=O)OC)C(Nc2ccccc2)=C1. The topological polar surface area (TPSA) is 76.7 Å². The fourth-order valence-corrected chi connectivity index (χ4v) is 3.04. The van der Waals surface area contributed by atoms with Crippen molar-refractivity contribution in [3.63, 3.8) is 0 Å². The molecular weight excluding hydrogens is 356 g/mol. The zero-order valence-corrected chi connectivity index (χ0v) is 15.8. The maximum atomic E-state index is 12.4. The van der Waals surface area contributed by atoms with E-state index in [4.69, 9.17) is 9.47 Å². The molecule has 144 valence electrons. The molecule has 0 amide bonds. The summed E-state index contributed by atoms with van der Waals surface area (Å²) in [6.45, 7) is 0. The van der Waals surface area contributed by atoms with Crippen LogP contribution in [0.15, 0.2) is 83.7 Å². The van der Waals surface area contributed by atoms with Gasteiger partial charge in [0, 0.05) is 29.2 Å². The Bertz CT molecular complexity index is 905. The third kappa shape index (κ3) is 4.40. The molecule has 0 saturated carbocycles. The molecule has 2 aromatic carbocycles. The highest BCUT2D eigenvalue weighted by molar-refractivity contribution is 5.95. The highest BCUT2D eigenvalue weighted by atomic mass is 16.5. The number of methoxy groups -OCH3 is 2. The largest absolute Gasteiger partial charge is 0.468 e. The van der Waals surface area contributed by atoms with E-state index in [-0.39, 0.29) is 12.4 Å². The number of allylic oxidation sites excluding steroid dienone is 1. The molecule has 6 nitrogen and oxygen atoms in total. The molecule has 1 unspecified atom stereocenters. The molecule has 28 heavy (non-hydrogen) atoms. The summed E-state index contributed by atoms with van der Waals surface area (Å²) in [5.41, 5.74) is 3.18. The van der Waals surface area contributed by atoms with E-state index in [1.165, 1.54) is 14.2 Å². The number of nitrogens with one attached hydrogen (secondary N) is 2. The zero-order chi connectivity index (χ0) is 19.9. The number of benzene rings is 2. The average molecular weight is 378 g/mol. The van der Waals surface area contributed by atoms with Gasteiger partial charge in [0.1, 0.15) is 5.92 Å². The highest BCUT2D eigenvalue weighted by Gasteiger charge is 2.32. The van der Waals surface area contributed by atoms with Gasteiger partial charge < -0.3 is 20.1 Å². The van der Waals surface area contributed by atoms with Crippen molar-refractivity contribution < 1.29 is 19.1 Å². The Hall–Kier alpha value is -3.54. The van der Waals surface area contributed by atoms with Gasteiger partial charge in [-0.05, 0) is 30.3 Å². The van der Waals surface area contributed by atoms with Crippen LogP contribution < -0.4 is 10.6 Å². The van der Waals surface area contributed by atoms with E-state index in [9.17, 15) is 9.59 Å². The van der Waals surface area contributed by atoms with Crippen molar-refractivity contribution in [1.82, 2.24) is 0 Å². The van der Waals surface area contributed by atoms with Crippen molar-refractivity contribution in [1.29, 1.82) is 0 Å². The summed E-state index contributed by atoms with van der Waals surface area (Å²) in [5, 5.41) is 6.47. The normalized spacial score (nSPS) is 16.1. The molecule has 0 saturated heterocycles. The lowest BCUT2D eigenvalue weighted by atomic mass is 9.89. The van der Waals surface area contributed by atoms with Crippen LogP contribution in [0.25, 0.3) is 0 Å². The van der Waals surface area contributed by atoms with Gasteiger partial charge in [0.05, 0.1) is 19.8 Å². The van der Waals surface area contributed by atoms with E-state index in [1.807, 2.05) is 60.7 Å². The summed E-state index contributed by atoms with van der Waals surface area (Å²) < 4.78 is 9.94. The average Bonchev–Trinajstić information content (AvgIpc) is 2.74. The summed E-state index contributed by atoms with van der Waals surface area (Å²) in [6.07, 6.45) is 1.92. The molecule has 3 rings (SSSR count). The summed E-state index contributed by atoms with van der Waals surface area (Å²) in [5.74, 6) is -1.44. The predicted octanol–water partition coefficient (Wildman–Crippen LogP) is 3.71. The molecule has 1 atom stereocenters. The second-order valence-corrected chi connectivity index (χ2v) is 6.25. The van der Waals surface area contributed by atoms with Crippen molar-refractivity contribution in [2.75, 3.05) is 24.9 Å². The van der Waals surface area contributed by atoms with Gasteiger partial charge in [-0.3, -0.25) is 4.79 Å². The molecule has 1 aliphatic rings. The second-order valence-electron chi connectivity index (χ2n) is 6.25. The van der Waals surface area contributed by atoms with Crippen molar-refractivity contribution in [2.24, 2.45) is 5.92 Å². The molecule has 0 aromatic heterocycles. The standard InChI is InChI=1S/C22H22N2O4/c1-27-21(25)17-13-20(24-16-11-7-4-8-12-16)18(22(26)28-2)14-19(17)23-15-9-5-3-6-10-15/h3-13,18,23-24H,14H2,1-2H3. The van der Waals surface area contributed by atoms with Crippen molar-refractivity contribution in [3.05, 3.63) is 83.7 Å². The maximum Gasteiger partial charge on any atom is 0.339 e. The molecule has 0 bridgehead atoms. The Morgan fingerprint density at radius 1 is 0.857 bits per heavy atom. The summed E-state index contributed by atoms with van der Waals surface area (Å²) in [4.78, 5) is 24.8. The van der Waals surface area contributed by atoms with Crippen LogP contribution in [0.1, 0.15) is 6.42 Å². The minimum absolute atomic E-state index is 0.275. The van der Waals surface area contributed by atoms with E-state index >= 15 is 0 Å². The zero-order valence-electron chi connectivity index (χ0n) is 15.8. The Balaban J connectivity index is 2.01. The quantitative estimate of drug-likeness (QED) is 0.746. The van der Waals surface area contributed by atoms with Crippen LogP contribution in [0.4, 0.5) is 11.4 Å². The molecule has 0 fully saturated rings. The van der Waals surface area contributed by atoms with Gasteiger partial charge in [-0.2, -0.15) is 0 Å². The summed E-state index contributed by atoms with van der Waals surface area (Å²) >= 11 is 0. The molecule has 0 spiro atoms. The Morgan fingerprint density at radius 2 is 1.43 bits per heavy atom. The van der Waals surface area contributed by atoms with Crippen LogP contribution in [-0.2, 0) is 19.1 Å². The van der Waals surface area contributed by atoms with Crippen molar-refractivity contribution >= 4 is 23.3 Å². The Morgan fingerprint density at radius 3 is 1.96 bits per heavy atom. The van der Waals surface area contributed by atoms with Gasteiger partial charge >= 0.3 is 11.9 Å². The van der Waals surface area contributed by atoms with Gasteiger partial charge in [-0.15, -0.1) is 0 Å². The lowest BCUT2D eigenvalue weighted by Gasteiger charge is -2.27. The van der Waals surface area contributed by atoms with E-state index in [2.05, 4.69) is 10.6 Å². The maximum absolute atomic E-state index is 12.4. The predicted molar refractivity (Wildman–Crippen MR) is 107 cm³/mol. The Kier molecular flexibility index (Phi) is 6.11. The van der Waals surface area contributed by atoms with Crippen LogP contribution in [0, 0.1) is 5.92 Å². The van der Waals surface area contributed by atoms with Crippen LogP contribution in [-0.4, -0.2) is 26.2 Å². The van der Waals surface area contributed by atoms with E-state index < -0.39 is 11.9 Å². The van der Waals surface area contributed by atoms with Crippen molar-refractivity contribution in [3.8, 4) is 0 Å². The first-order valence-corrected chi connectivity index (χ1v) is 8.87. The van der Waals surface area contributed by atoms with Crippen LogP contribution >= 0.6 is 0 Å². The van der Waals surface area contributed by atoms with E-state index in [0.29, 0.717) is 17.0 Å². The molecule has 1 aliphatic carbocycles. The van der Waals surface area contributed by atoms with Crippen LogP contribution in [0.3, 0.4) is 0 Å². The van der Waals surface area contributed by atoms with Gasteiger partial charge in [-0.1, -0.05) is 36.4 Å². The third-order valence-corrected chi connectivity index (χ3v) is 4.43. The van der Waals surface area contributed by atoms with Crippen LogP contribution in [0.2, 0.25) is 0 Å². The first-order chi connectivity index (χ1) is 13.6. The molecule has 0 aliphatic heterocycles. The number of anilines is 2. The molecule has 2 aromatic rings. The molecule has 0 radical (unpaired) electrons. The number of para-hydroxylation sites is 2. The first kappa shape index (κ1) is 19.2. The van der Waals surface area contributed by atoms with Gasteiger partial charge in [0.2, 0.25) is 0 Å². The van der Waals surface area contributed by atoms with Gasteiger partial charge in [-0.25, -0.2) is 4.79 Å². The number of hydrogen-bond acceptors (Lipinski definition) is 6. The molecule has 0 heterocycles. The van der Waals surface area contributed by atoms with Crippen molar-refractivity contribution in [2.45, 2.75) is 6.42 Å². The summed E-state index contributed by atoms with van der Waals surface area (Å²) in [7, 11) is 2.69. The number of carbonyl (C=O) groups excluding carboxylic acids is 2. The number of hydrogen-bond donors (Lipinski definition) is 2. The first-order valence-electron chi connectivity index (χ1n) is 8.87. The van der Waals surface area contributed by atoms with Gasteiger partial charge in [0.15, 0.2) is 0 Å². The number of ether oxygens (including phenoxy) is 2. The number of esters is 2. The fourth-order valence-electron chi connectivity index (χ4n) is 3.04. The fraction of sp³-hybridized carbons (Fsp3) is 0.182. The smallest absolute Gasteiger partial charge is 0.339 e. The lowest BCUT2D eigenvalue weighted by Crippen LogP contribution is -2.29. The number of rotatable bonds is 6. The van der Waals surface area contributed by atoms with Crippen LogP contribution in [0.5, 0.6) is 0 Å². The highest BCUT2D eigenvalue weighted by Crippen LogP contribution is 2.32. The van der Waals surface area contributed by atoms with E-state index in [0.717, 1.165) is 11.4 Å². The molecule has 2 N–H and O–H groups in total. The lowest BCUT2D eigenvalue weighted by molar-refractivity contribution is -0.144. The van der Waals surface area contributed by atoms with E-state index in [1.54, 1.807) is 6.08 Å². The molecular formula is C22H22N2O4. The molecule has 6 heteroatoms. The Labute approximate surface area is 163 Å². The summed E-state index contributed by atoms with van der Waals surface area (Å²) in [6, 6.07) is 18.9. The second kappa shape index (κ2) is 8.90. The third-order valence-electron chi connectivity index (χ3n) is 4.43.